The standard InChI is InChI=1S/C20H41BNP/c1-18(2,3)23(19(4,5)6,20(7,8)9)22-21-16-12-10-13-17(21)15-11-14-16/h16-17H,10-15H2,1-9H3. The van der Waals surface area contributed by atoms with Crippen LogP contribution in [0.3, 0.4) is 0 Å². The van der Waals surface area contributed by atoms with E-state index in [1.54, 1.807) is 0 Å². The Labute approximate surface area is 146 Å². The molecule has 2 heterocycles. The van der Waals surface area contributed by atoms with Gasteiger partial charge in [-0.3, -0.25) is 0 Å². The molecule has 0 unspecified atom stereocenters. The number of fused-ring (bicyclic) bond motifs is 2. The molecule has 1 nitrogen and oxygen atoms in total. The summed E-state index contributed by atoms with van der Waals surface area (Å²) in [6.07, 6.45) is 8.64. The second-order valence-electron chi connectivity index (χ2n) is 11.1. The second-order valence-corrected chi connectivity index (χ2v) is 16.7. The van der Waals surface area contributed by atoms with Crippen LogP contribution in [0.2, 0.25) is 11.6 Å². The van der Waals surface area contributed by atoms with Gasteiger partial charge in [0.1, 0.15) is 0 Å². The van der Waals surface area contributed by atoms with Gasteiger partial charge >= 0.3 is 0 Å². The van der Waals surface area contributed by atoms with Gasteiger partial charge in [0.05, 0.1) is 0 Å². The fourth-order valence-electron chi connectivity index (χ4n) is 6.57. The van der Waals surface area contributed by atoms with Gasteiger partial charge in [0.25, 0.3) is 6.85 Å². The summed E-state index contributed by atoms with van der Waals surface area (Å²) in [5.74, 6) is 1.77. The Kier molecular flexibility index (Phi) is 5.31. The van der Waals surface area contributed by atoms with Crippen LogP contribution in [0.4, 0.5) is 0 Å². The molecule has 2 fully saturated rings. The van der Waals surface area contributed by atoms with Crippen molar-refractivity contribution in [1.82, 2.24) is 0 Å². The van der Waals surface area contributed by atoms with E-state index in [0.29, 0.717) is 6.85 Å². The summed E-state index contributed by atoms with van der Waals surface area (Å²) in [4.78, 5) is 0. The lowest BCUT2D eigenvalue weighted by atomic mass is 9.35. The van der Waals surface area contributed by atoms with Crippen molar-refractivity contribution < 1.29 is 0 Å². The smallest absolute Gasteiger partial charge is 0.283 e. The van der Waals surface area contributed by atoms with E-state index in [4.69, 9.17) is 4.66 Å². The number of hydrogen-bond acceptors (Lipinski definition) is 1. The van der Waals surface area contributed by atoms with Crippen molar-refractivity contribution in [2.24, 2.45) is 4.66 Å². The molecule has 0 aromatic carbocycles. The first kappa shape index (κ1) is 19.6. The van der Waals surface area contributed by atoms with E-state index in [0.717, 1.165) is 11.6 Å². The molecule has 0 saturated carbocycles. The molecule has 23 heavy (non-hydrogen) atoms. The fourth-order valence-corrected chi connectivity index (χ4v) is 14.4. The zero-order valence-electron chi connectivity index (χ0n) is 17.4. The maximum Gasteiger partial charge on any atom is 0.283 e. The SMILES string of the molecule is CC(C)(C)P(=NB1C2CCCC1CCC2)(C(C)(C)C)C(C)(C)C. The molecule has 0 aromatic heterocycles. The molecule has 134 valence electrons. The largest absolute Gasteiger partial charge is 0.355 e. The van der Waals surface area contributed by atoms with Gasteiger partial charge in [-0.15, -0.1) is 0 Å². The second kappa shape index (κ2) is 6.23. The third-order valence-corrected chi connectivity index (χ3v) is 12.9. The van der Waals surface area contributed by atoms with E-state index in [-0.39, 0.29) is 15.5 Å². The van der Waals surface area contributed by atoms with E-state index < -0.39 is 7.05 Å². The quantitative estimate of drug-likeness (QED) is 0.343. The zero-order chi connectivity index (χ0) is 17.7. The Morgan fingerprint density at radius 2 is 0.957 bits per heavy atom. The van der Waals surface area contributed by atoms with Crippen LogP contribution in [0.25, 0.3) is 0 Å². The molecule has 2 rings (SSSR count). The van der Waals surface area contributed by atoms with Crippen molar-refractivity contribution in [3.63, 3.8) is 0 Å². The molecule has 2 aliphatic rings. The lowest BCUT2D eigenvalue weighted by molar-refractivity contribution is 0.442. The van der Waals surface area contributed by atoms with Gasteiger partial charge in [-0.05, 0) is 34.2 Å². The molecule has 0 aliphatic carbocycles. The highest BCUT2D eigenvalue weighted by molar-refractivity contribution is 7.71. The summed E-state index contributed by atoms with van der Waals surface area (Å²) < 4.78 is 5.98. The number of rotatable bonds is 1. The van der Waals surface area contributed by atoms with Crippen LogP contribution >= 0.6 is 7.05 Å². The summed E-state index contributed by atoms with van der Waals surface area (Å²) in [5.41, 5.74) is 0. The molecule has 0 N–H and O–H groups in total. The minimum Gasteiger partial charge on any atom is -0.355 e. The van der Waals surface area contributed by atoms with Gasteiger partial charge in [0.15, 0.2) is 0 Å². The molecule has 0 radical (unpaired) electrons. The predicted octanol–water partition coefficient (Wildman–Crippen LogP) is 7.68. The lowest BCUT2D eigenvalue weighted by Gasteiger charge is -2.56. The summed E-state index contributed by atoms with van der Waals surface area (Å²) >= 11 is 0. The Balaban J connectivity index is 2.66. The third-order valence-electron chi connectivity index (χ3n) is 6.48. The van der Waals surface area contributed by atoms with Gasteiger partial charge in [0.2, 0.25) is 0 Å². The van der Waals surface area contributed by atoms with Crippen LogP contribution in [0, 0.1) is 0 Å². The van der Waals surface area contributed by atoms with E-state index in [2.05, 4.69) is 62.3 Å². The van der Waals surface area contributed by atoms with Gasteiger partial charge in [-0.2, -0.15) is 0 Å². The van der Waals surface area contributed by atoms with Gasteiger partial charge in [-0.1, -0.05) is 101 Å². The van der Waals surface area contributed by atoms with Crippen LogP contribution in [-0.2, 0) is 0 Å². The molecule has 0 aromatic rings. The summed E-state index contributed by atoms with van der Waals surface area (Å²) in [7, 11) is -1.55. The van der Waals surface area contributed by atoms with Gasteiger partial charge < -0.3 is 4.66 Å². The molecule has 3 heteroatoms. The average Bonchev–Trinajstić information content (AvgIpc) is 2.30. The first-order valence-corrected chi connectivity index (χ1v) is 11.7. The van der Waals surface area contributed by atoms with Crippen molar-refractivity contribution in [3.8, 4) is 0 Å². The summed E-state index contributed by atoms with van der Waals surface area (Å²) in [6.45, 7) is 22.9. The molecular weight excluding hydrogens is 296 g/mol. The highest BCUT2D eigenvalue weighted by Gasteiger charge is 2.52. The van der Waals surface area contributed by atoms with Crippen LogP contribution in [0.15, 0.2) is 4.66 Å². The monoisotopic (exact) mass is 337 g/mol. The van der Waals surface area contributed by atoms with E-state index in [1.807, 2.05) is 0 Å². The van der Waals surface area contributed by atoms with Crippen molar-refractivity contribution in [1.29, 1.82) is 0 Å². The van der Waals surface area contributed by atoms with Crippen molar-refractivity contribution in [2.45, 2.75) is 128 Å². The van der Waals surface area contributed by atoms with E-state index in [1.165, 1.54) is 38.5 Å². The highest BCUT2D eigenvalue weighted by Crippen LogP contribution is 2.77. The third kappa shape index (κ3) is 3.36. The maximum atomic E-state index is 5.98. The molecule has 0 spiro atoms. The predicted molar refractivity (Wildman–Crippen MR) is 110 cm³/mol. The number of hydrogen-bond donors (Lipinski definition) is 0. The van der Waals surface area contributed by atoms with Crippen LogP contribution in [-0.4, -0.2) is 22.3 Å². The molecule has 0 atom stereocenters. The van der Waals surface area contributed by atoms with Crippen molar-refractivity contribution in [2.75, 3.05) is 0 Å². The number of nitrogens with zero attached hydrogens (tertiary/aromatic N) is 1. The lowest BCUT2D eigenvalue weighted by Crippen LogP contribution is -2.42. The molecule has 2 bridgehead atoms. The molecular formula is C20H41BNP. The molecule has 2 saturated heterocycles. The minimum absolute atomic E-state index is 0.273. The minimum atomic E-state index is -1.55. The fraction of sp³-hybridized carbons (Fsp3) is 1.00. The van der Waals surface area contributed by atoms with Crippen molar-refractivity contribution in [3.05, 3.63) is 0 Å². The first-order valence-electron chi connectivity index (χ1n) is 9.93. The Bertz CT molecular complexity index is 411. The van der Waals surface area contributed by atoms with Gasteiger partial charge in [0, 0.05) is 0 Å². The molecule has 0 amide bonds. The van der Waals surface area contributed by atoms with E-state index >= 15 is 0 Å². The Morgan fingerprint density at radius 3 is 1.22 bits per heavy atom. The summed E-state index contributed by atoms with van der Waals surface area (Å²) in [5, 5.41) is 0.819. The van der Waals surface area contributed by atoms with E-state index in [9.17, 15) is 0 Å². The van der Waals surface area contributed by atoms with Crippen LogP contribution in [0.5, 0.6) is 0 Å². The van der Waals surface area contributed by atoms with Crippen molar-refractivity contribution >= 4 is 13.9 Å². The van der Waals surface area contributed by atoms with Crippen LogP contribution in [0.1, 0.15) is 101 Å². The topological polar surface area (TPSA) is 12.4 Å². The summed E-state index contributed by atoms with van der Waals surface area (Å²) in [6, 6.07) is 0. The molecule has 2 aliphatic heterocycles. The normalized spacial score (nSPS) is 27.1. The zero-order valence-corrected chi connectivity index (χ0v) is 18.3. The maximum absolute atomic E-state index is 5.98. The highest BCUT2D eigenvalue weighted by atomic mass is 31.2. The first-order chi connectivity index (χ1) is 10.3. The Hall–Kier alpha value is 0.295. The van der Waals surface area contributed by atoms with Gasteiger partial charge in [-0.25, -0.2) is 0 Å². The Morgan fingerprint density at radius 1 is 0.652 bits per heavy atom. The average molecular weight is 337 g/mol. The van der Waals surface area contributed by atoms with Crippen LogP contribution < -0.4 is 0 Å².